The van der Waals surface area contributed by atoms with Gasteiger partial charge in [-0.1, -0.05) is 71.2 Å². The fourth-order valence-corrected chi connectivity index (χ4v) is 3.87. The van der Waals surface area contributed by atoms with Crippen LogP contribution in [0.2, 0.25) is 0 Å². The van der Waals surface area contributed by atoms with Crippen LogP contribution in [0.15, 0.2) is 84.0 Å². The van der Waals surface area contributed by atoms with E-state index in [0.717, 1.165) is 29.5 Å². The van der Waals surface area contributed by atoms with E-state index in [1.807, 2.05) is 0 Å². The van der Waals surface area contributed by atoms with Crippen LogP contribution in [0.5, 0.6) is 0 Å². The Labute approximate surface area is 192 Å². The molecule has 0 amide bonds. The van der Waals surface area contributed by atoms with Crippen LogP contribution in [0.25, 0.3) is 11.1 Å². The predicted octanol–water partition coefficient (Wildman–Crippen LogP) is 7.70. The molecule has 0 saturated heterocycles. The van der Waals surface area contributed by atoms with Crippen LogP contribution < -0.4 is 0 Å². The first-order chi connectivity index (χ1) is 15.5. The summed E-state index contributed by atoms with van der Waals surface area (Å²) in [4.78, 5) is 0. The Morgan fingerprint density at radius 2 is 1.06 bits per heavy atom. The maximum absolute atomic E-state index is 3.35. The van der Waals surface area contributed by atoms with E-state index in [9.17, 15) is 0 Å². The Kier molecular flexibility index (Phi) is 6.44. The van der Waals surface area contributed by atoms with E-state index in [2.05, 4.69) is 124 Å². The molecule has 0 saturated carbocycles. The van der Waals surface area contributed by atoms with Gasteiger partial charge in [0.05, 0.1) is 0 Å². The van der Waals surface area contributed by atoms with Gasteiger partial charge in [0.2, 0.25) is 0 Å². The molecule has 0 unspecified atom stereocenters. The lowest BCUT2D eigenvalue weighted by Gasteiger charge is -2.10. The highest BCUT2D eigenvalue weighted by atomic mass is 14.1. The van der Waals surface area contributed by atoms with E-state index in [0.29, 0.717) is 0 Å². The molecule has 3 aromatic rings. The summed E-state index contributed by atoms with van der Waals surface area (Å²) in [5.74, 6) is 13.2. The van der Waals surface area contributed by atoms with Crippen molar-refractivity contribution in [2.24, 2.45) is 0 Å². The van der Waals surface area contributed by atoms with Gasteiger partial charge in [0.15, 0.2) is 0 Å². The molecule has 156 valence electrons. The zero-order valence-corrected chi connectivity index (χ0v) is 19.3. The lowest BCUT2D eigenvalue weighted by molar-refractivity contribution is 0.934. The molecule has 0 nitrogen and oxygen atoms in total. The summed E-state index contributed by atoms with van der Waals surface area (Å²) in [5.41, 5.74) is 12.0. The molecule has 4 rings (SSSR count). The number of rotatable bonds is 1. The van der Waals surface area contributed by atoms with Crippen molar-refractivity contribution in [3.63, 3.8) is 0 Å². The Balaban J connectivity index is 1.55. The van der Waals surface area contributed by atoms with Crippen molar-refractivity contribution in [1.82, 2.24) is 0 Å². The lowest BCUT2D eigenvalue weighted by Crippen LogP contribution is -1.90. The number of allylic oxidation sites excluding steroid dienone is 4. The van der Waals surface area contributed by atoms with Gasteiger partial charge in [-0.05, 0) is 99.2 Å². The molecule has 32 heavy (non-hydrogen) atoms. The van der Waals surface area contributed by atoms with E-state index >= 15 is 0 Å². The standard InChI is InChI=1S/C32H28/c1-23-5-9-27(10-6-23)13-15-29-17-19-31(25(3)21-29)32-20-18-30(22-26(32)4)16-14-28-11-7-24(2)8-12-28/h5-7,9-11,17-22H,8,12H2,1-4H3. The Hall–Kier alpha value is -3.74. The largest absolute Gasteiger partial charge is 0.0729 e. The summed E-state index contributed by atoms with van der Waals surface area (Å²) < 4.78 is 0. The van der Waals surface area contributed by atoms with Crippen molar-refractivity contribution in [3.05, 3.63) is 117 Å². The second-order valence-corrected chi connectivity index (χ2v) is 8.63. The zero-order chi connectivity index (χ0) is 22.5. The molecule has 0 spiro atoms. The van der Waals surface area contributed by atoms with Crippen molar-refractivity contribution >= 4 is 0 Å². The Morgan fingerprint density at radius 3 is 1.59 bits per heavy atom. The normalized spacial score (nSPS) is 12.6. The minimum atomic E-state index is 1.04. The summed E-state index contributed by atoms with van der Waals surface area (Å²) in [6.07, 6.45) is 6.49. The van der Waals surface area contributed by atoms with E-state index in [1.54, 1.807) is 0 Å². The third kappa shape index (κ3) is 5.29. The fourth-order valence-electron chi connectivity index (χ4n) is 3.87. The van der Waals surface area contributed by atoms with Gasteiger partial charge >= 0.3 is 0 Å². The van der Waals surface area contributed by atoms with E-state index in [4.69, 9.17) is 0 Å². The molecule has 0 aliphatic heterocycles. The van der Waals surface area contributed by atoms with Crippen molar-refractivity contribution in [1.29, 1.82) is 0 Å². The molecular formula is C32H28. The highest BCUT2D eigenvalue weighted by Gasteiger charge is 2.07. The molecule has 0 aromatic heterocycles. The van der Waals surface area contributed by atoms with E-state index in [1.165, 1.54) is 39.0 Å². The summed E-state index contributed by atoms with van der Waals surface area (Å²) in [7, 11) is 0. The van der Waals surface area contributed by atoms with Crippen LogP contribution in [0.3, 0.4) is 0 Å². The maximum atomic E-state index is 3.35. The Morgan fingerprint density at radius 1 is 0.531 bits per heavy atom. The average molecular weight is 413 g/mol. The van der Waals surface area contributed by atoms with Crippen LogP contribution in [0.4, 0.5) is 0 Å². The molecule has 0 atom stereocenters. The molecule has 1 aliphatic carbocycles. The first-order valence-electron chi connectivity index (χ1n) is 11.2. The monoisotopic (exact) mass is 412 g/mol. The van der Waals surface area contributed by atoms with Gasteiger partial charge in [0.1, 0.15) is 0 Å². The molecule has 0 N–H and O–H groups in total. The van der Waals surface area contributed by atoms with Crippen molar-refractivity contribution < 1.29 is 0 Å². The smallest absolute Gasteiger partial charge is 0.0252 e. The number of hydrogen-bond acceptors (Lipinski definition) is 0. The third-order valence-electron chi connectivity index (χ3n) is 5.87. The van der Waals surface area contributed by atoms with Gasteiger partial charge in [0, 0.05) is 22.3 Å². The first-order valence-corrected chi connectivity index (χ1v) is 11.2. The summed E-state index contributed by atoms with van der Waals surface area (Å²) in [6.45, 7) is 8.59. The number of benzene rings is 3. The quantitative estimate of drug-likeness (QED) is 0.359. The lowest BCUT2D eigenvalue weighted by atomic mass is 9.94. The zero-order valence-electron chi connectivity index (χ0n) is 19.3. The minimum Gasteiger partial charge on any atom is -0.0729 e. The van der Waals surface area contributed by atoms with Gasteiger partial charge in [-0.2, -0.15) is 0 Å². The Bertz CT molecular complexity index is 1340. The number of aryl methyl sites for hydroxylation is 3. The number of hydrogen-bond donors (Lipinski definition) is 0. The van der Waals surface area contributed by atoms with Gasteiger partial charge in [-0.15, -0.1) is 0 Å². The maximum Gasteiger partial charge on any atom is 0.0252 e. The third-order valence-corrected chi connectivity index (χ3v) is 5.87. The first kappa shape index (κ1) is 21.5. The molecule has 3 aromatic carbocycles. The van der Waals surface area contributed by atoms with Crippen molar-refractivity contribution in [2.45, 2.75) is 40.5 Å². The van der Waals surface area contributed by atoms with Gasteiger partial charge in [0.25, 0.3) is 0 Å². The SMILES string of the molecule is CC1=CC=C(C#Cc2ccc(-c3ccc(C#Cc4ccc(C)cc4)cc3C)c(C)c2)CC1. The van der Waals surface area contributed by atoms with Gasteiger partial charge < -0.3 is 0 Å². The summed E-state index contributed by atoms with van der Waals surface area (Å²) in [5, 5.41) is 0. The summed E-state index contributed by atoms with van der Waals surface area (Å²) >= 11 is 0. The van der Waals surface area contributed by atoms with Crippen molar-refractivity contribution in [3.8, 4) is 34.8 Å². The van der Waals surface area contributed by atoms with Crippen LogP contribution in [-0.2, 0) is 0 Å². The molecule has 0 heteroatoms. The minimum absolute atomic E-state index is 1.04. The van der Waals surface area contributed by atoms with E-state index < -0.39 is 0 Å². The molecular weight excluding hydrogens is 384 g/mol. The molecule has 0 heterocycles. The van der Waals surface area contributed by atoms with Crippen LogP contribution in [-0.4, -0.2) is 0 Å². The van der Waals surface area contributed by atoms with Gasteiger partial charge in [-0.25, -0.2) is 0 Å². The topological polar surface area (TPSA) is 0 Å². The molecule has 0 bridgehead atoms. The fraction of sp³-hybridized carbons (Fsp3) is 0.188. The van der Waals surface area contributed by atoms with Crippen molar-refractivity contribution in [2.75, 3.05) is 0 Å². The average Bonchev–Trinajstić information content (AvgIpc) is 2.79. The van der Waals surface area contributed by atoms with Gasteiger partial charge in [-0.3, -0.25) is 0 Å². The van der Waals surface area contributed by atoms with Crippen LogP contribution in [0.1, 0.15) is 53.1 Å². The second-order valence-electron chi connectivity index (χ2n) is 8.63. The highest BCUT2D eigenvalue weighted by Crippen LogP contribution is 2.28. The predicted molar refractivity (Wildman–Crippen MR) is 136 cm³/mol. The van der Waals surface area contributed by atoms with Crippen LogP contribution >= 0.6 is 0 Å². The van der Waals surface area contributed by atoms with Crippen LogP contribution in [0, 0.1) is 44.5 Å². The summed E-state index contributed by atoms with van der Waals surface area (Å²) in [6, 6.07) is 21.3. The molecule has 0 fully saturated rings. The highest BCUT2D eigenvalue weighted by molar-refractivity contribution is 5.72. The molecule has 0 radical (unpaired) electrons. The second kappa shape index (κ2) is 9.60. The van der Waals surface area contributed by atoms with E-state index in [-0.39, 0.29) is 0 Å². The molecule has 1 aliphatic rings.